The second-order valence-corrected chi connectivity index (χ2v) is 5.24. The van der Waals surface area contributed by atoms with Gasteiger partial charge in [0.15, 0.2) is 0 Å². The first-order chi connectivity index (χ1) is 9.06. The quantitative estimate of drug-likeness (QED) is 0.878. The van der Waals surface area contributed by atoms with Gasteiger partial charge in [0.25, 0.3) is 0 Å². The van der Waals surface area contributed by atoms with Crippen LogP contribution >= 0.6 is 23.2 Å². The fourth-order valence-electron chi connectivity index (χ4n) is 1.81. The summed E-state index contributed by atoms with van der Waals surface area (Å²) in [6.07, 6.45) is 0.953. The molecular weight excluding hydrogens is 285 g/mol. The van der Waals surface area contributed by atoms with Gasteiger partial charge in [-0.05, 0) is 42.8 Å². The van der Waals surface area contributed by atoms with Crippen LogP contribution in [0.5, 0.6) is 0 Å². The zero-order valence-corrected chi connectivity index (χ0v) is 11.9. The second-order valence-electron chi connectivity index (χ2n) is 4.36. The van der Waals surface area contributed by atoms with E-state index in [1.165, 1.54) is 0 Å². The molecule has 0 aliphatic heterocycles. The zero-order valence-electron chi connectivity index (χ0n) is 10.4. The Bertz CT molecular complexity index is 508. The number of furan rings is 1. The molecule has 0 radical (unpaired) electrons. The van der Waals surface area contributed by atoms with Crippen molar-refractivity contribution in [3.63, 3.8) is 0 Å². The monoisotopic (exact) mass is 299 g/mol. The number of halogens is 2. The van der Waals surface area contributed by atoms with Crippen molar-refractivity contribution in [2.24, 2.45) is 0 Å². The van der Waals surface area contributed by atoms with Gasteiger partial charge < -0.3 is 14.8 Å². The summed E-state index contributed by atoms with van der Waals surface area (Å²) < 4.78 is 5.29. The summed E-state index contributed by atoms with van der Waals surface area (Å²) in [5, 5.41) is 14.3. The third kappa shape index (κ3) is 3.98. The first-order valence-corrected chi connectivity index (χ1v) is 6.72. The Morgan fingerprint density at radius 2 is 1.95 bits per heavy atom. The average molecular weight is 300 g/mol. The number of nitrogens with one attached hydrogen (secondary N) is 1. The minimum atomic E-state index is -0.673. The van der Waals surface area contributed by atoms with Crippen molar-refractivity contribution in [2.45, 2.75) is 19.1 Å². The van der Waals surface area contributed by atoms with Gasteiger partial charge in [0.1, 0.15) is 5.76 Å². The molecule has 3 nitrogen and oxygen atoms in total. The van der Waals surface area contributed by atoms with Crippen LogP contribution in [-0.2, 0) is 0 Å². The zero-order chi connectivity index (χ0) is 13.8. The number of hydrogen-bond acceptors (Lipinski definition) is 3. The lowest BCUT2D eigenvalue weighted by atomic mass is 10.1. The molecule has 0 aliphatic carbocycles. The molecule has 19 heavy (non-hydrogen) atoms. The van der Waals surface area contributed by atoms with Crippen LogP contribution < -0.4 is 5.32 Å². The number of rotatable bonds is 5. The Hall–Kier alpha value is -1.00. The van der Waals surface area contributed by atoms with Crippen LogP contribution in [-0.4, -0.2) is 11.7 Å². The van der Waals surface area contributed by atoms with E-state index in [-0.39, 0.29) is 6.04 Å². The largest absolute Gasteiger partial charge is 0.468 e. The summed E-state index contributed by atoms with van der Waals surface area (Å²) in [7, 11) is 0. The highest BCUT2D eigenvalue weighted by Crippen LogP contribution is 2.23. The van der Waals surface area contributed by atoms with Crippen LogP contribution in [0.4, 0.5) is 0 Å². The van der Waals surface area contributed by atoms with Crippen molar-refractivity contribution in [3.05, 3.63) is 58.0 Å². The Morgan fingerprint density at radius 1 is 1.26 bits per heavy atom. The fraction of sp³-hybridized carbons (Fsp3) is 0.286. The first kappa shape index (κ1) is 14.4. The van der Waals surface area contributed by atoms with Gasteiger partial charge in [-0.3, -0.25) is 0 Å². The van der Waals surface area contributed by atoms with E-state index in [1.54, 1.807) is 24.5 Å². The van der Waals surface area contributed by atoms with Crippen LogP contribution in [0.2, 0.25) is 10.0 Å². The number of aliphatic hydroxyl groups is 1. The first-order valence-electron chi connectivity index (χ1n) is 5.97. The van der Waals surface area contributed by atoms with E-state index < -0.39 is 6.10 Å². The van der Waals surface area contributed by atoms with Crippen molar-refractivity contribution in [1.29, 1.82) is 0 Å². The van der Waals surface area contributed by atoms with E-state index >= 15 is 0 Å². The molecule has 1 heterocycles. The summed E-state index contributed by atoms with van der Waals surface area (Å²) in [6.45, 7) is 2.36. The Morgan fingerprint density at radius 3 is 2.53 bits per heavy atom. The van der Waals surface area contributed by atoms with Crippen molar-refractivity contribution in [3.8, 4) is 0 Å². The van der Waals surface area contributed by atoms with E-state index in [1.807, 2.05) is 19.1 Å². The molecule has 5 heteroatoms. The van der Waals surface area contributed by atoms with Crippen molar-refractivity contribution in [2.75, 3.05) is 6.54 Å². The highest BCUT2D eigenvalue weighted by atomic mass is 35.5. The predicted octanol–water partition coefficient (Wildman–Crippen LogP) is 3.97. The SMILES string of the molecule is CC(NCC(O)c1cc(Cl)cc(Cl)c1)c1ccco1. The molecule has 1 aromatic heterocycles. The van der Waals surface area contributed by atoms with Gasteiger partial charge in [0, 0.05) is 16.6 Å². The molecule has 0 bridgehead atoms. The summed E-state index contributed by atoms with van der Waals surface area (Å²) in [6, 6.07) is 8.80. The highest BCUT2D eigenvalue weighted by Gasteiger charge is 2.13. The lowest BCUT2D eigenvalue weighted by Gasteiger charge is -2.16. The maximum Gasteiger partial charge on any atom is 0.120 e. The molecule has 1 aromatic carbocycles. The van der Waals surface area contributed by atoms with E-state index in [0.29, 0.717) is 22.2 Å². The third-order valence-electron chi connectivity index (χ3n) is 2.86. The van der Waals surface area contributed by atoms with E-state index in [9.17, 15) is 5.11 Å². The molecule has 0 saturated carbocycles. The van der Waals surface area contributed by atoms with Crippen LogP contribution in [0.25, 0.3) is 0 Å². The Balaban J connectivity index is 1.95. The minimum Gasteiger partial charge on any atom is -0.468 e. The standard InChI is InChI=1S/C14H15Cl2NO2/c1-9(14-3-2-4-19-14)17-8-13(18)10-5-11(15)7-12(16)6-10/h2-7,9,13,17-18H,8H2,1H3. The molecule has 102 valence electrons. The second kappa shape index (κ2) is 6.44. The average Bonchev–Trinajstić information content (AvgIpc) is 2.88. The van der Waals surface area contributed by atoms with Gasteiger partial charge in [-0.15, -0.1) is 0 Å². The molecule has 2 N–H and O–H groups in total. The van der Waals surface area contributed by atoms with Gasteiger partial charge >= 0.3 is 0 Å². The molecule has 0 amide bonds. The summed E-state index contributed by atoms with van der Waals surface area (Å²) in [5.74, 6) is 0.830. The van der Waals surface area contributed by atoms with Crippen LogP contribution in [0.15, 0.2) is 41.0 Å². The minimum absolute atomic E-state index is 0.0271. The van der Waals surface area contributed by atoms with Gasteiger partial charge in [-0.1, -0.05) is 23.2 Å². The molecular formula is C14H15Cl2NO2. The lowest BCUT2D eigenvalue weighted by molar-refractivity contribution is 0.169. The molecule has 2 aromatic rings. The number of benzene rings is 1. The topological polar surface area (TPSA) is 45.4 Å². The van der Waals surface area contributed by atoms with Gasteiger partial charge in [0.2, 0.25) is 0 Å². The fourth-order valence-corrected chi connectivity index (χ4v) is 2.35. The maximum absolute atomic E-state index is 10.1. The summed E-state index contributed by atoms with van der Waals surface area (Å²) in [5.41, 5.74) is 0.691. The molecule has 2 unspecified atom stereocenters. The summed E-state index contributed by atoms with van der Waals surface area (Å²) in [4.78, 5) is 0. The lowest BCUT2D eigenvalue weighted by Crippen LogP contribution is -2.24. The van der Waals surface area contributed by atoms with Crippen molar-refractivity contribution in [1.82, 2.24) is 5.32 Å². The smallest absolute Gasteiger partial charge is 0.120 e. The van der Waals surface area contributed by atoms with Crippen LogP contribution in [0.1, 0.15) is 30.4 Å². The van der Waals surface area contributed by atoms with E-state index in [2.05, 4.69) is 5.32 Å². The van der Waals surface area contributed by atoms with E-state index in [0.717, 1.165) is 5.76 Å². The Kier molecular flexibility index (Phi) is 4.88. The molecule has 0 aliphatic rings. The molecule has 2 atom stereocenters. The molecule has 0 saturated heterocycles. The Labute approximate surface area is 122 Å². The number of hydrogen-bond donors (Lipinski definition) is 2. The molecule has 0 fully saturated rings. The normalized spacial score (nSPS) is 14.3. The maximum atomic E-state index is 10.1. The van der Waals surface area contributed by atoms with Crippen molar-refractivity contribution < 1.29 is 9.52 Å². The predicted molar refractivity (Wildman–Crippen MR) is 76.5 cm³/mol. The number of aliphatic hydroxyl groups excluding tert-OH is 1. The third-order valence-corrected chi connectivity index (χ3v) is 3.29. The van der Waals surface area contributed by atoms with Crippen LogP contribution in [0.3, 0.4) is 0 Å². The van der Waals surface area contributed by atoms with E-state index in [4.69, 9.17) is 27.6 Å². The van der Waals surface area contributed by atoms with Crippen LogP contribution in [0, 0.1) is 0 Å². The van der Waals surface area contributed by atoms with Crippen molar-refractivity contribution >= 4 is 23.2 Å². The summed E-state index contributed by atoms with van der Waals surface area (Å²) >= 11 is 11.8. The van der Waals surface area contributed by atoms with Gasteiger partial charge in [0.05, 0.1) is 18.4 Å². The van der Waals surface area contributed by atoms with Gasteiger partial charge in [-0.25, -0.2) is 0 Å². The highest BCUT2D eigenvalue weighted by molar-refractivity contribution is 6.34. The molecule has 2 rings (SSSR count). The van der Waals surface area contributed by atoms with Gasteiger partial charge in [-0.2, -0.15) is 0 Å². The molecule has 0 spiro atoms.